The molecule has 1 N–H and O–H groups in total. The van der Waals surface area contributed by atoms with Crippen LogP contribution in [0.1, 0.15) is 72.1 Å². The number of aliphatic hydroxyl groups is 1. The van der Waals surface area contributed by atoms with Crippen LogP contribution in [-0.2, 0) is 14.3 Å². The first-order valence-corrected chi connectivity index (χ1v) is 10.8. The van der Waals surface area contributed by atoms with E-state index in [4.69, 9.17) is 4.74 Å². The van der Waals surface area contributed by atoms with Crippen molar-refractivity contribution < 1.29 is 19.4 Å². The molecule has 4 heteroatoms. The molecule has 0 aliphatic heterocycles. The quantitative estimate of drug-likeness (QED) is 0.598. The van der Waals surface area contributed by atoms with Crippen molar-refractivity contribution in [1.82, 2.24) is 0 Å². The fraction of sp³-hybridized carbons (Fsp3) is 0.826. The van der Waals surface area contributed by atoms with E-state index in [0.29, 0.717) is 17.8 Å². The summed E-state index contributed by atoms with van der Waals surface area (Å²) in [6, 6.07) is 0. The van der Waals surface area contributed by atoms with Crippen molar-refractivity contribution in [3.8, 4) is 0 Å². The van der Waals surface area contributed by atoms with Gasteiger partial charge in [-0.15, -0.1) is 0 Å². The molecule has 0 amide bonds. The highest BCUT2D eigenvalue weighted by Gasteiger charge is 2.59. The first-order valence-electron chi connectivity index (χ1n) is 10.8. The van der Waals surface area contributed by atoms with E-state index in [1.165, 1.54) is 18.9 Å². The minimum absolute atomic E-state index is 0.0363. The second kappa shape index (κ2) is 6.72. The Bertz CT molecular complexity index is 667. The van der Waals surface area contributed by atoms with Gasteiger partial charge in [-0.25, -0.2) is 0 Å². The third-order valence-corrected chi connectivity index (χ3v) is 8.88. The Labute approximate surface area is 162 Å². The molecule has 4 rings (SSSR count). The van der Waals surface area contributed by atoms with E-state index in [0.717, 1.165) is 44.9 Å². The minimum atomic E-state index is -0.371. The van der Waals surface area contributed by atoms with Gasteiger partial charge in [0.15, 0.2) is 5.78 Å². The van der Waals surface area contributed by atoms with Gasteiger partial charge in [-0.3, -0.25) is 9.59 Å². The van der Waals surface area contributed by atoms with E-state index < -0.39 is 0 Å². The number of aliphatic hydroxyl groups excluding tert-OH is 1. The van der Waals surface area contributed by atoms with Crippen molar-refractivity contribution in [3.63, 3.8) is 0 Å². The lowest BCUT2D eigenvalue weighted by atomic mass is 9.47. The molecule has 4 aliphatic rings. The molecule has 0 spiro atoms. The smallest absolute Gasteiger partial charge is 0.303 e. The molecule has 0 aromatic carbocycles. The highest BCUT2D eigenvalue weighted by atomic mass is 16.5. The predicted octanol–water partition coefficient (Wildman–Crippen LogP) is 4.06. The number of allylic oxidation sites excluding steroid dienone is 1. The third kappa shape index (κ3) is 2.99. The molecule has 150 valence electrons. The van der Waals surface area contributed by atoms with E-state index in [1.54, 1.807) is 0 Å². The number of carbonyl (C=O) groups is 2. The van der Waals surface area contributed by atoms with Crippen LogP contribution in [0.25, 0.3) is 0 Å². The average molecular weight is 375 g/mol. The maximum atomic E-state index is 12.8. The Kier molecular flexibility index (Phi) is 4.77. The van der Waals surface area contributed by atoms with Gasteiger partial charge in [0.05, 0.1) is 6.10 Å². The predicted molar refractivity (Wildman–Crippen MR) is 103 cm³/mol. The van der Waals surface area contributed by atoms with Gasteiger partial charge in [-0.2, -0.15) is 0 Å². The molecule has 7 atom stereocenters. The number of carbonyl (C=O) groups excluding carboxylic acids is 2. The highest BCUT2D eigenvalue weighted by molar-refractivity contribution is 5.85. The Morgan fingerprint density at radius 1 is 1.15 bits per heavy atom. The monoisotopic (exact) mass is 374 g/mol. The molecule has 27 heavy (non-hydrogen) atoms. The molecule has 0 radical (unpaired) electrons. The Morgan fingerprint density at radius 3 is 2.67 bits per heavy atom. The lowest BCUT2D eigenvalue weighted by Gasteiger charge is -2.57. The molecule has 3 fully saturated rings. The fourth-order valence-electron chi connectivity index (χ4n) is 7.44. The summed E-state index contributed by atoms with van der Waals surface area (Å²) in [6.45, 7) is 6.06. The summed E-state index contributed by atoms with van der Waals surface area (Å²) < 4.78 is 5.02. The van der Waals surface area contributed by atoms with Crippen LogP contribution >= 0.6 is 0 Å². The lowest BCUT2D eigenvalue weighted by molar-refractivity contribution is -0.149. The Hall–Kier alpha value is -1.16. The van der Waals surface area contributed by atoms with Gasteiger partial charge in [-0.05, 0) is 80.0 Å². The zero-order chi connectivity index (χ0) is 19.4. The van der Waals surface area contributed by atoms with Crippen LogP contribution in [0, 0.1) is 34.5 Å². The van der Waals surface area contributed by atoms with Gasteiger partial charge in [0, 0.05) is 12.8 Å². The second-order valence-corrected chi connectivity index (χ2v) is 10.1. The number of hydrogen-bond acceptors (Lipinski definition) is 4. The summed E-state index contributed by atoms with van der Waals surface area (Å²) in [5, 5.41) is 10.1. The standard InChI is InChI=1S/C23H34O4/c1-14(24)27-13-21(26)20-7-6-18-17-5-4-15-12-16(25)8-10-22(15,2)19(17)9-11-23(18,20)3/h4,16-20,25H,5-13H2,1-3H3/t16-,17+,18+,19+,20-,22+,23+/m1/s1. The minimum Gasteiger partial charge on any atom is -0.458 e. The summed E-state index contributed by atoms with van der Waals surface area (Å²) in [7, 11) is 0. The summed E-state index contributed by atoms with van der Waals surface area (Å²) in [5.74, 6) is 1.71. The number of hydrogen-bond donors (Lipinski definition) is 1. The van der Waals surface area contributed by atoms with Crippen molar-refractivity contribution >= 4 is 11.8 Å². The van der Waals surface area contributed by atoms with E-state index in [2.05, 4.69) is 19.9 Å². The van der Waals surface area contributed by atoms with Gasteiger partial charge < -0.3 is 9.84 Å². The number of fused-ring (bicyclic) bond motifs is 5. The van der Waals surface area contributed by atoms with Crippen molar-refractivity contribution in [3.05, 3.63) is 11.6 Å². The molecule has 4 aliphatic carbocycles. The third-order valence-electron chi connectivity index (χ3n) is 8.88. The molecule has 0 bridgehead atoms. The molecule has 0 heterocycles. The molecule has 0 unspecified atom stereocenters. The molecule has 4 nitrogen and oxygen atoms in total. The number of esters is 1. The van der Waals surface area contributed by atoms with Crippen molar-refractivity contribution in [2.75, 3.05) is 6.61 Å². The first-order chi connectivity index (χ1) is 12.8. The van der Waals surface area contributed by atoms with Crippen LogP contribution in [-0.4, -0.2) is 29.6 Å². The van der Waals surface area contributed by atoms with E-state index in [1.807, 2.05) is 0 Å². The molecule has 0 aromatic heterocycles. The molecule has 0 saturated heterocycles. The van der Waals surface area contributed by atoms with E-state index in [-0.39, 0.29) is 41.2 Å². The highest BCUT2D eigenvalue weighted by Crippen LogP contribution is 2.66. The van der Waals surface area contributed by atoms with Gasteiger partial charge in [0.2, 0.25) is 0 Å². The molecule has 3 saturated carbocycles. The maximum Gasteiger partial charge on any atom is 0.303 e. The van der Waals surface area contributed by atoms with Crippen molar-refractivity contribution in [1.29, 1.82) is 0 Å². The first kappa shape index (κ1) is 19.2. The Balaban J connectivity index is 1.55. The normalized spacial score (nSPS) is 45.9. The van der Waals surface area contributed by atoms with Crippen molar-refractivity contribution in [2.45, 2.75) is 78.2 Å². The summed E-state index contributed by atoms with van der Waals surface area (Å²) in [6.07, 6.45) is 10.6. The molecular formula is C23H34O4. The second-order valence-electron chi connectivity index (χ2n) is 10.1. The van der Waals surface area contributed by atoms with Gasteiger partial charge in [0.1, 0.15) is 6.61 Å². The van der Waals surface area contributed by atoms with Gasteiger partial charge in [-0.1, -0.05) is 25.5 Å². The summed E-state index contributed by atoms with van der Waals surface area (Å²) in [5.41, 5.74) is 1.78. The lowest BCUT2D eigenvalue weighted by Crippen LogP contribution is -2.51. The van der Waals surface area contributed by atoms with Crippen LogP contribution in [0.2, 0.25) is 0 Å². The molecular weight excluding hydrogens is 340 g/mol. The van der Waals surface area contributed by atoms with Crippen LogP contribution in [0.5, 0.6) is 0 Å². The molecule has 0 aromatic rings. The Morgan fingerprint density at radius 2 is 1.93 bits per heavy atom. The number of Topliss-reactive ketones (excluding diaryl/α,β-unsaturated/α-hetero) is 1. The van der Waals surface area contributed by atoms with Crippen LogP contribution < -0.4 is 0 Å². The zero-order valence-corrected chi connectivity index (χ0v) is 17.0. The average Bonchev–Trinajstić information content (AvgIpc) is 2.97. The summed E-state index contributed by atoms with van der Waals surface area (Å²) >= 11 is 0. The fourth-order valence-corrected chi connectivity index (χ4v) is 7.44. The number of ketones is 1. The number of ether oxygens (including phenoxy) is 1. The van der Waals surface area contributed by atoms with Gasteiger partial charge in [0.25, 0.3) is 0 Å². The topological polar surface area (TPSA) is 63.6 Å². The van der Waals surface area contributed by atoms with Crippen LogP contribution in [0.4, 0.5) is 0 Å². The number of rotatable bonds is 3. The SMILES string of the molecule is CC(=O)OCC(=O)[C@H]1CC[C@H]2[C@@H]3CC=C4C[C@H](O)CC[C@]4(C)[C@H]3CC[C@]12C. The van der Waals surface area contributed by atoms with Crippen molar-refractivity contribution in [2.24, 2.45) is 34.5 Å². The van der Waals surface area contributed by atoms with Crippen LogP contribution in [0.3, 0.4) is 0 Å². The zero-order valence-electron chi connectivity index (χ0n) is 17.0. The maximum absolute atomic E-state index is 12.8. The van der Waals surface area contributed by atoms with E-state index in [9.17, 15) is 14.7 Å². The summed E-state index contributed by atoms with van der Waals surface area (Å²) in [4.78, 5) is 23.9. The van der Waals surface area contributed by atoms with Crippen LogP contribution in [0.15, 0.2) is 11.6 Å². The largest absolute Gasteiger partial charge is 0.458 e. The van der Waals surface area contributed by atoms with E-state index >= 15 is 0 Å². The van der Waals surface area contributed by atoms with Gasteiger partial charge >= 0.3 is 5.97 Å².